The Morgan fingerprint density at radius 2 is 2.03 bits per heavy atom. The number of aromatic nitrogens is 2. The molecular formula is C21H27N5O4S2. The number of carbonyl (C=O) groups excluding carboxylic acids is 2. The first-order valence-corrected chi connectivity index (χ1v) is 12.2. The third-order valence-corrected chi connectivity index (χ3v) is 6.69. The highest BCUT2D eigenvalue weighted by molar-refractivity contribution is 8.01. The first kappa shape index (κ1) is 23.9. The van der Waals surface area contributed by atoms with Gasteiger partial charge in [0.2, 0.25) is 5.13 Å². The number of carbonyl (C=O) groups is 2. The van der Waals surface area contributed by atoms with Crippen LogP contribution in [0.15, 0.2) is 39.9 Å². The number of urea groups is 1. The van der Waals surface area contributed by atoms with E-state index in [-0.39, 0.29) is 12.6 Å². The lowest BCUT2D eigenvalue weighted by molar-refractivity contribution is -0.139. The summed E-state index contributed by atoms with van der Waals surface area (Å²) in [6, 6.07) is 6.19. The molecule has 9 nitrogen and oxygen atoms in total. The summed E-state index contributed by atoms with van der Waals surface area (Å²) < 4.78 is 11.2. The number of hydrogen-bond acceptors (Lipinski definition) is 9. The van der Waals surface area contributed by atoms with E-state index in [1.54, 1.807) is 26.2 Å². The van der Waals surface area contributed by atoms with Crippen LogP contribution in [0.1, 0.15) is 38.3 Å². The van der Waals surface area contributed by atoms with E-state index in [4.69, 9.17) is 9.47 Å². The molecule has 0 saturated heterocycles. The van der Waals surface area contributed by atoms with Gasteiger partial charge in [0, 0.05) is 18.0 Å². The maximum atomic E-state index is 12.8. The summed E-state index contributed by atoms with van der Waals surface area (Å²) in [5.74, 6) is 0.555. The van der Waals surface area contributed by atoms with Gasteiger partial charge in [0.25, 0.3) is 0 Å². The van der Waals surface area contributed by atoms with E-state index in [0.29, 0.717) is 22.8 Å². The van der Waals surface area contributed by atoms with E-state index < -0.39 is 12.0 Å². The molecule has 0 saturated carbocycles. The molecule has 32 heavy (non-hydrogen) atoms. The van der Waals surface area contributed by atoms with Crippen molar-refractivity contribution in [1.82, 2.24) is 20.8 Å². The number of thioether (sulfide) groups is 1. The average Bonchev–Trinajstić information content (AvgIpc) is 3.25. The lowest BCUT2D eigenvalue weighted by Crippen LogP contribution is -2.46. The quantitative estimate of drug-likeness (QED) is 0.255. The van der Waals surface area contributed by atoms with E-state index in [9.17, 15) is 9.59 Å². The number of esters is 1. The second kappa shape index (κ2) is 11.7. The van der Waals surface area contributed by atoms with Gasteiger partial charge in [-0.3, -0.25) is 0 Å². The van der Waals surface area contributed by atoms with Crippen molar-refractivity contribution in [2.75, 3.05) is 31.3 Å². The first-order chi connectivity index (χ1) is 15.5. The van der Waals surface area contributed by atoms with Gasteiger partial charge in [-0.15, -0.1) is 10.2 Å². The Hall–Kier alpha value is -2.79. The number of nitrogens with zero attached hydrogens (tertiary/aromatic N) is 2. The fourth-order valence-electron chi connectivity index (χ4n) is 3.07. The number of ether oxygens (including phenoxy) is 2. The Labute approximate surface area is 195 Å². The van der Waals surface area contributed by atoms with Gasteiger partial charge in [-0.2, -0.15) is 0 Å². The standard InChI is InChI=1S/C21H27N5O4S2/c1-4-6-11-22-20-25-26-21(32-20)31-12-15-16(18(27)30-5-2)17(24-19(28)23-15)13-7-9-14(29-3)10-8-13/h7-10,17H,4-6,11-12H2,1-3H3,(H,22,25)(H2,23,24,28). The number of amides is 2. The molecule has 0 spiro atoms. The van der Waals surface area contributed by atoms with Gasteiger partial charge in [-0.25, -0.2) is 9.59 Å². The van der Waals surface area contributed by atoms with Gasteiger partial charge in [0.15, 0.2) is 4.34 Å². The molecule has 1 aromatic heterocycles. The predicted octanol–water partition coefficient (Wildman–Crippen LogP) is 3.72. The zero-order valence-corrected chi connectivity index (χ0v) is 19.9. The van der Waals surface area contributed by atoms with Crippen LogP contribution in [-0.4, -0.2) is 48.2 Å². The van der Waals surface area contributed by atoms with Crippen LogP contribution in [0.25, 0.3) is 0 Å². The summed E-state index contributed by atoms with van der Waals surface area (Å²) in [5, 5.41) is 17.9. The summed E-state index contributed by atoms with van der Waals surface area (Å²) in [6.07, 6.45) is 2.16. The zero-order chi connectivity index (χ0) is 22.9. The second-order valence-corrected chi connectivity index (χ2v) is 9.06. The molecule has 1 aliphatic rings. The highest BCUT2D eigenvalue weighted by atomic mass is 32.2. The van der Waals surface area contributed by atoms with Crippen LogP contribution in [-0.2, 0) is 9.53 Å². The molecule has 0 bridgehead atoms. The zero-order valence-electron chi connectivity index (χ0n) is 18.3. The van der Waals surface area contributed by atoms with Gasteiger partial charge in [0.1, 0.15) is 5.75 Å². The first-order valence-electron chi connectivity index (χ1n) is 10.4. The molecule has 1 aromatic carbocycles. The molecule has 2 amide bonds. The van der Waals surface area contributed by atoms with Crippen molar-refractivity contribution in [3.05, 3.63) is 41.1 Å². The Bertz CT molecular complexity index is 961. The molecular weight excluding hydrogens is 450 g/mol. The molecule has 2 aromatic rings. The highest BCUT2D eigenvalue weighted by Gasteiger charge is 2.33. The average molecular weight is 478 g/mol. The molecule has 0 aliphatic carbocycles. The molecule has 172 valence electrons. The number of methoxy groups -OCH3 is 1. The van der Waals surface area contributed by atoms with Gasteiger partial charge >= 0.3 is 12.0 Å². The fraction of sp³-hybridized carbons (Fsp3) is 0.429. The monoisotopic (exact) mass is 477 g/mol. The molecule has 1 atom stereocenters. The molecule has 1 unspecified atom stereocenters. The van der Waals surface area contributed by atoms with Crippen LogP contribution >= 0.6 is 23.1 Å². The molecule has 0 radical (unpaired) electrons. The number of nitrogens with one attached hydrogen (secondary N) is 3. The van der Waals surface area contributed by atoms with Crippen LogP contribution in [0, 0.1) is 0 Å². The summed E-state index contributed by atoms with van der Waals surface area (Å²) in [6.45, 7) is 4.96. The lowest BCUT2D eigenvalue weighted by Gasteiger charge is -2.29. The number of anilines is 1. The second-order valence-electron chi connectivity index (χ2n) is 6.86. The topological polar surface area (TPSA) is 114 Å². The smallest absolute Gasteiger partial charge is 0.338 e. The van der Waals surface area contributed by atoms with Crippen LogP contribution in [0.5, 0.6) is 5.75 Å². The molecule has 0 fully saturated rings. The van der Waals surface area contributed by atoms with E-state index >= 15 is 0 Å². The lowest BCUT2D eigenvalue weighted by atomic mass is 9.95. The Kier molecular flexibility index (Phi) is 8.74. The maximum absolute atomic E-state index is 12.8. The minimum absolute atomic E-state index is 0.231. The van der Waals surface area contributed by atoms with E-state index in [2.05, 4.69) is 33.1 Å². The van der Waals surface area contributed by atoms with Gasteiger partial charge in [-0.1, -0.05) is 48.6 Å². The number of benzene rings is 1. The van der Waals surface area contributed by atoms with Crippen molar-refractivity contribution in [2.45, 2.75) is 37.1 Å². The fourth-order valence-corrected chi connectivity index (χ4v) is 4.82. The van der Waals surface area contributed by atoms with Crippen LogP contribution < -0.4 is 20.7 Å². The molecule has 2 heterocycles. The van der Waals surface area contributed by atoms with Crippen LogP contribution in [0.2, 0.25) is 0 Å². The normalized spacial score (nSPS) is 15.7. The minimum Gasteiger partial charge on any atom is -0.497 e. The van der Waals surface area contributed by atoms with Crippen molar-refractivity contribution < 1.29 is 19.1 Å². The van der Waals surface area contributed by atoms with Gasteiger partial charge in [-0.05, 0) is 31.0 Å². The van der Waals surface area contributed by atoms with Crippen molar-refractivity contribution in [2.24, 2.45) is 0 Å². The van der Waals surface area contributed by atoms with Gasteiger partial charge < -0.3 is 25.4 Å². The SMILES string of the molecule is CCCCNc1nnc(SCC2=C(C(=O)OCC)C(c3ccc(OC)cc3)NC(=O)N2)s1. The van der Waals surface area contributed by atoms with E-state index in [1.807, 2.05) is 12.1 Å². The summed E-state index contributed by atoms with van der Waals surface area (Å²) in [5.41, 5.74) is 1.62. The van der Waals surface area contributed by atoms with Crippen molar-refractivity contribution in [3.8, 4) is 5.75 Å². The Balaban J connectivity index is 1.83. The van der Waals surface area contributed by atoms with E-state index in [0.717, 1.165) is 34.4 Å². The minimum atomic E-state index is -0.634. The van der Waals surface area contributed by atoms with Crippen molar-refractivity contribution >= 4 is 40.2 Å². The molecule has 1 aliphatic heterocycles. The predicted molar refractivity (Wildman–Crippen MR) is 125 cm³/mol. The molecule has 3 rings (SSSR count). The van der Waals surface area contributed by atoms with Crippen molar-refractivity contribution in [1.29, 1.82) is 0 Å². The summed E-state index contributed by atoms with van der Waals surface area (Å²) in [4.78, 5) is 25.2. The van der Waals surface area contributed by atoms with Gasteiger partial charge in [0.05, 0.1) is 25.3 Å². The summed E-state index contributed by atoms with van der Waals surface area (Å²) >= 11 is 2.85. The number of hydrogen-bond donors (Lipinski definition) is 3. The third-order valence-electron chi connectivity index (χ3n) is 4.65. The van der Waals surface area contributed by atoms with Crippen LogP contribution in [0.3, 0.4) is 0 Å². The van der Waals surface area contributed by atoms with Crippen molar-refractivity contribution in [3.63, 3.8) is 0 Å². The number of unbranched alkanes of at least 4 members (excludes halogenated alkanes) is 1. The Morgan fingerprint density at radius 1 is 1.25 bits per heavy atom. The number of rotatable bonds is 11. The molecule has 3 N–H and O–H groups in total. The van der Waals surface area contributed by atoms with Crippen LogP contribution in [0.4, 0.5) is 9.93 Å². The largest absolute Gasteiger partial charge is 0.497 e. The third kappa shape index (κ3) is 6.13. The maximum Gasteiger partial charge on any atom is 0.338 e. The summed E-state index contributed by atoms with van der Waals surface area (Å²) in [7, 11) is 1.58. The van der Waals surface area contributed by atoms with E-state index in [1.165, 1.54) is 23.1 Å². The Morgan fingerprint density at radius 3 is 2.72 bits per heavy atom. The highest BCUT2D eigenvalue weighted by Crippen LogP contribution is 2.33. The molecule has 11 heteroatoms.